The van der Waals surface area contributed by atoms with E-state index in [1.807, 2.05) is 37.3 Å². The van der Waals surface area contributed by atoms with Crippen molar-refractivity contribution in [3.8, 4) is 11.4 Å². The van der Waals surface area contributed by atoms with Crippen LogP contribution >= 0.6 is 11.6 Å². The summed E-state index contributed by atoms with van der Waals surface area (Å²) in [5.74, 6) is 0.439. The van der Waals surface area contributed by atoms with Gasteiger partial charge in [-0.1, -0.05) is 35.0 Å². The largest absolute Gasteiger partial charge is 0.355 e. The van der Waals surface area contributed by atoms with Crippen molar-refractivity contribution in [2.24, 2.45) is 0 Å². The van der Waals surface area contributed by atoms with E-state index in [0.717, 1.165) is 5.69 Å². The van der Waals surface area contributed by atoms with Gasteiger partial charge in [-0.15, -0.1) is 5.10 Å². The van der Waals surface area contributed by atoms with Gasteiger partial charge in [-0.25, -0.2) is 4.57 Å². The van der Waals surface area contributed by atoms with Crippen molar-refractivity contribution in [3.63, 3.8) is 0 Å². The Labute approximate surface area is 153 Å². The highest BCUT2D eigenvalue weighted by atomic mass is 35.5. The zero-order chi connectivity index (χ0) is 18.1. The number of nitrogens with one attached hydrogen (secondary N) is 1. The summed E-state index contributed by atoms with van der Waals surface area (Å²) in [4.78, 5) is 17.7. The highest BCUT2D eigenvalue weighted by molar-refractivity contribution is 6.30. The maximum absolute atomic E-state index is 13.1. The fourth-order valence-electron chi connectivity index (χ4n) is 2.72. The maximum atomic E-state index is 13.1. The topological polar surface area (TPSA) is 77.6 Å². The molecule has 0 atom stereocenters. The lowest BCUT2D eigenvalue weighted by Gasteiger charge is -2.12. The Morgan fingerprint density at radius 1 is 1.04 bits per heavy atom. The molecule has 1 N–H and O–H groups in total. The highest BCUT2D eigenvalue weighted by Gasteiger charge is 2.18. The standard InChI is InChI=1S/C18H15ClN6O/c1-2-20-18-21-16-15(17(26)24(18)13-6-4-3-5-7-13)22-23-25(16)14-10-8-12(19)9-11-14/h3-11H,2H2,1H3,(H,20,21). The molecule has 4 aromatic rings. The van der Waals surface area contributed by atoms with Crippen molar-refractivity contribution in [3.05, 3.63) is 70.0 Å². The summed E-state index contributed by atoms with van der Waals surface area (Å²) in [5.41, 5.74) is 1.75. The fourth-order valence-corrected chi connectivity index (χ4v) is 2.84. The average molecular weight is 367 g/mol. The zero-order valence-corrected chi connectivity index (χ0v) is 14.7. The Balaban J connectivity index is 1.98. The summed E-state index contributed by atoms with van der Waals surface area (Å²) in [5, 5.41) is 11.9. The van der Waals surface area contributed by atoms with Crippen LogP contribution in [-0.4, -0.2) is 31.1 Å². The fraction of sp³-hybridized carbons (Fsp3) is 0.111. The number of hydrogen-bond donors (Lipinski definition) is 1. The summed E-state index contributed by atoms with van der Waals surface area (Å²) in [6, 6.07) is 16.4. The second-order valence-corrected chi connectivity index (χ2v) is 6.03. The van der Waals surface area contributed by atoms with Crippen LogP contribution in [0.1, 0.15) is 6.92 Å². The molecular formula is C18H15ClN6O. The first-order valence-corrected chi connectivity index (χ1v) is 8.50. The summed E-state index contributed by atoms with van der Waals surface area (Å²) in [6.45, 7) is 2.56. The third-order valence-electron chi connectivity index (χ3n) is 3.90. The van der Waals surface area contributed by atoms with E-state index in [9.17, 15) is 4.79 Å². The summed E-state index contributed by atoms with van der Waals surface area (Å²) in [6.07, 6.45) is 0. The number of hydrogen-bond acceptors (Lipinski definition) is 5. The minimum Gasteiger partial charge on any atom is -0.355 e. The molecule has 4 rings (SSSR count). The SMILES string of the molecule is CCNc1nc2c(nnn2-c2ccc(Cl)cc2)c(=O)n1-c1ccccc1. The molecule has 0 bridgehead atoms. The van der Waals surface area contributed by atoms with Gasteiger partial charge in [-0.2, -0.15) is 9.67 Å². The van der Waals surface area contributed by atoms with Gasteiger partial charge in [0.25, 0.3) is 5.56 Å². The van der Waals surface area contributed by atoms with Gasteiger partial charge in [-0.3, -0.25) is 4.79 Å². The predicted molar refractivity (Wildman–Crippen MR) is 101 cm³/mol. The molecule has 26 heavy (non-hydrogen) atoms. The van der Waals surface area contributed by atoms with Crippen LogP contribution < -0.4 is 10.9 Å². The normalized spacial score (nSPS) is 11.0. The number of benzene rings is 2. The Bertz CT molecular complexity index is 1120. The third-order valence-corrected chi connectivity index (χ3v) is 4.15. The number of fused-ring (bicyclic) bond motifs is 1. The van der Waals surface area contributed by atoms with Crippen molar-refractivity contribution in [1.29, 1.82) is 0 Å². The van der Waals surface area contributed by atoms with Crippen LogP contribution in [0.4, 0.5) is 5.95 Å². The van der Waals surface area contributed by atoms with E-state index in [1.165, 1.54) is 9.25 Å². The van der Waals surface area contributed by atoms with Crippen LogP contribution in [0.5, 0.6) is 0 Å². The molecular weight excluding hydrogens is 352 g/mol. The number of para-hydroxylation sites is 1. The molecule has 0 amide bonds. The Morgan fingerprint density at radius 2 is 1.77 bits per heavy atom. The Morgan fingerprint density at radius 3 is 2.46 bits per heavy atom. The first kappa shape index (κ1) is 16.3. The molecule has 0 unspecified atom stereocenters. The number of aromatic nitrogens is 5. The van der Waals surface area contributed by atoms with E-state index in [4.69, 9.17) is 11.6 Å². The van der Waals surface area contributed by atoms with Gasteiger partial charge in [0.05, 0.1) is 11.4 Å². The average Bonchev–Trinajstić information content (AvgIpc) is 3.08. The van der Waals surface area contributed by atoms with Crippen molar-refractivity contribution >= 4 is 28.7 Å². The van der Waals surface area contributed by atoms with E-state index >= 15 is 0 Å². The molecule has 0 saturated carbocycles. The van der Waals surface area contributed by atoms with E-state index in [-0.39, 0.29) is 11.1 Å². The van der Waals surface area contributed by atoms with Gasteiger partial charge in [0, 0.05) is 11.6 Å². The van der Waals surface area contributed by atoms with Crippen LogP contribution in [0.15, 0.2) is 59.4 Å². The van der Waals surface area contributed by atoms with Gasteiger partial charge in [0.15, 0.2) is 11.2 Å². The third kappa shape index (κ3) is 2.72. The van der Waals surface area contributed by atoms with Crippen molar-refractivity contribution < 1.29 is 0 Å². The van der Waals surface area contributed by atoms with E-state index in [1.54, 1.807) is 24.3 Å². The van der Waals surface area contributed by atoms with Crippen LogP contribution in [-0.2, 0) is 0 Å². The molecule has 0 fully saturated rings. The first-order valence-electron chi connectivity index (χ1n) is 8.12. The monoisotopic (exact) mass is 366 g/mol. The molecule has 0 aliphatic carbocycles. The van der Waals surface area contributed by atoms with Crippen molar-refractivity contribution in [2.75, 3.05) is 11.9 Å². The van der Waals surface area contributed by atoms with E-state index < -0.39 is 0 Å². The molecule has 0 radical (unpaired) electrons. The number of nitrogens with zero attached hydrogens (tertiary/aromatic N) is 5. The summed E-state index contributed by atoms with van der Waals surface area (Å²) >= 11 is 5.95. The van der Waals surface area contributed by atoms with Crippen LogP contribution in [0.3, 0.4) is 0 Å². The minimum absolute atomic E-state index is 0.199. The van der Waals surface area contributed by atoms with E-state index in [0.29, 0.717) is 28.9 Å². The lowest BCUT2D eigenvalue weighted by molar-refractivity contribution is 0.817. The second kappa shape index (κ2) is 6.61. The summed E-state index contributed by atoms with van der Waals surface area (Å²) < 4.78 is 3.04. The van der Waals surface area contributed by atoms with Crippen LogP contribution in [0.25, 0.3) is 22.5 Å². The molecule has 7 nitrogen and oxygen atoms in total. The Kier molecular flexibility index (Phi) is 4.14. The molecule has 0 spiro atoms. The van der Waals surface area contributed by atoms with Gasteiger partial charge in [0.2, 0.25) is 5.95 Å². The zero-order valence-electron chi connectivity index (χ0n) is 13.9. The number of anilines is 1. The minimum atomic E-state index is -0.280. The molecule has 130 valence electrons. The molecule has 2 heterocycles. The van der Waals surface area contributed by atoms with Crippen LogP contribution in [0.2, 0.25) is 5.02 Å². The molecule has 0 aliphatic rings. The van der Waals surface area contributed by atoms with Gasteiger partial charge >= 0.3 is 0 Å². The highest BCUT2D eigenvalue weighted by Crippen LogP contribution is 2.19. The van der Waals surface area contributed by atoms with Crippen LogP contribution in [0, 0.1) is 0 Å². The molecule has 2 aromatic carbocycles. The predicted octanol–water partition coefficient (Wildman–Crippen LogP) is 3.05. The number of rotatable bonds is 4. The molecule has 0 saturated heterocycles. The van der Waals surface area contributed by atoms with Crippen molar-refractivity contribution in [2.45, 2.75) is 6.92 Å². The quantitative estimate of drug-likeness (QED) is 0.600. The Hall–Kier alpha value is -3.19. The lowest BCUT2D eigenvalue weighted by atomic mass is 10.3. The number of halogens is 1. The molecule has 8 heteroatoms. The lowest BCUT2D eigenvalue weighted by Crippen LogP contribution is -2.24. The molecule has 2 aromatic heterocycles. The smallest absolute Gasteiger partial charge is 0.289 e. The van der Waals surface area contributed by atoms with Gasteiger partial charge in [-0.05, 0) is 43.3 Å². The second-order valence-electron chi connectivity index (χ2n) is 5.59. The van der Waals surface area contributed by atoms with Gasteiger partial charge in [0.1, 0.15) is 0 Å². The van der Waals surface area contributed by atoms with Gasteiger partial charge < -0.3 is 5.32 Å². The first-order chi connectivity index (χ1) is 12.7. The van der Waals surface area contributed by atoms with Crippen molar-refractivity contribution in [1.82, 2.24) is 24.5 Å². The molecule has 0 aliphatic heterocycles. The van der Waals surface area contributed by atoms with E-state index in [2.05, 4.69) is 20.6 Å². The maximum Gasteiger partial charge on any atom is 0.289 e. The summed E-state index contributed by atoms with van der Waals surface area (Å²) in [7, 11) is 0.